The number of nitrogens with zero attached hydrogens (tertiary/aromatic N) is 2. The van der Waals surface area contributed by atoms with Crippen molar-refractivity contribution in [3.05, 3.63) is 23.0 Å². The fourth-order valence-electron chi connectivity index (χ4n) is 1.96. The maximum absolute atomic E-state index is 12.2. The molecule has 5 heteroatoms. The lowest BCUT2D eigenvalue weighted by Gasteiger charge is -2.11. The van der Waals surface area contributed by atoms with Gasteiger partial charge >= 0.3 is 0 Å². The maximum Gasteiger partial charge on any atom is 0.253 e. The van der Waals surface area contributed by atoms with E-state index in [0.717, 1.165) is 33.7 Å². The molecule has 114 valence electrons. The Bertz CT molecular complexity index is 720. The van der Waals surface area contributed by atoms with Gasteiger partial charge in [-0.05, 0) is 24.6 Å². The molecule has 2 aromatic rings. The minimum atomic E-state index is -0.460. The van der Waals surface area contributed by atoms with E-state index in [-0.39, 0.29) is 5.91 Å². The number of amides is 1. The Kier molecular flexibility index (Phi) is 4.52. The van der Waals surface area contributed by atoms with Crippen LogP contribution in [0.5, 0.6) is 5.75 Å². The predicted molar refractivity (Wildman–Crippen MR) is 86.7 cm³/mol. The van der Waals surface area contributed by atoms with Crippen molar-refractivity contribution >= 4 is 27.5 Å². The summed E-state index contributed by atoms with van der Waals surface area (Å²) >= 11 is 1.53. The van der Waals surface area contributed by atoms with Crippen molar-refractivity contribution in [1.29, 1.82) is 0 Å². The predicted octanol–water partition coefficient (Wildman–Crippen LogP) is 3.59. The van der Waals surface area contributed by atoms with Gasteiger partial charge in [0.2, 0.25) is 0 Å². The molecule has 1 aromatic heterocycles. The van der Waals surface area contributed by atoms with Gasteiger partial charge in [-0.3, -0.25) is 4.79 Å². The van der Waals surface area contributed by atoms with Crippen molar-refractivity contribution in [3.8, 4) is 5.75 Å². The van der Waals surface area contributed by atoms with Gasteiger partial charge in [-0.1, -0.05) is 39.0 Å². The highest BCUT2D eigenvalue weighted by molar-refractivity contribution is 7.16. The highest BCUT2D eigenvalue weighted by Gasteiger charge is 2.21. The van der Waals surface area contributed by atoms with E-state index in [1.165, 1.54) is 11.3 Å². The second-order valence-corrected chi connectivity index (χ2v) is 7.05. The van der Waals surface area contributed by atoms with Crippen molar-refractivity contribution in [3.63, 3.8) is 0 Å². The van der Waals surface area contributed by atoms with E-state index in [2.05, 4.69) is 16.5 Å². The van der Waals surface area contributed by atoms with Crippen molar-refractivity contribution < 1.29 is 9.53 Å². The normalized spacial score (nSPS) is 12.9. The number of ether oxygens (including phenoxy) is 1. The van der Waals surface area contributed by atoms with Crippen LogP contribution in [0.3, 0.4) is 0 Å². The summed E-state index contributed by atoms with van der Waals surface area (Å²) in [6.45, 7) is 8.63. The monoisotopic (exact) mass is 306 g/mol. The van der Waals surface area contributed by atoms with E-state index in [9.17, 15) is 4.79 Å². The van der Waals surface area contributed by atoms with Gasteiger partial charge in [0.25, 0.3) is 5.91 Å². The molecule has 1 heterocycles. The molecule has 0 N–H and O–H groups in total. The zero-order valence-corrected chi connectivity index (χ0v) is 14.1. The molecule has 0 spiro atoms. The van der Waals surface area contributed by atoms with Crippen LogP contribution in [0.1, 0.15) is 34.1 Å². The third kappa shape index (κ3) is 3.35. The number of aryl methyl sites for hydroxylation is 1. The molecule has 0 fully saturated rings. The molecule has 21 heavy (non-hydrogen) atoms. The highest BCUT2D eigenvalue weighted by atomic mass is 32.1. The summed E-state index contributed by atoms with van der Waals surface area (Å²) < 4.78 is 8.47. The van der Waals surface area contributed by atoms with E-state index in [4.69, 9.17) is 4.74 Å². The number of benzene rings is 1. The number of methoxy groups -OCH3 is 1. The van der Waals surface area contributed by atoms with E-state index >= 15 is 0 Å². The van der Waals surface area contributed by atoms with Gasteiger partial charge in [-0.15, -0.1) is 0 Å². The van der Waals surface area contributed by atoms with Gasteiger partial charge < -0.3 is 9.30 Å². The molecule has 4 nitrogen and oxygen atoms in total. The van der Waals surface area contributed by atoms with Crippen LogP contribution in [0, 0.1) is 5.41 Å². The zero-order valence-electron chi connectivity index (χ0n) is 13.3. The van der Waals surface area contributed by atoms with Gasteiger partial charge in [0.1, 0.15) is 5.75 Å². The largest absolute Gasteiger partial charge is 0.497 e. The van der Waals surface area contributed by atoms with Crippen LogP contribution >= 0.6 is 11.3 Å². The molecule has 0 atom stereocenters. The minimum absolute atomic E-state index is 0.0918. The highest BCUT2D eigenvalue weighted by Crippen LogP contribution is 2.24. The number of hydrogen-bond donors (Lipinski definition) is 0. The van der Waals surface area contributed by atoms with E-state index < -0.39 is 5.41 Å². The summed E-state index contributed by atoms with van der Waals surface area (Å²) in [5.41, 5.74) is 0.640. The van der Waals surface area contributed by atoms with Crippen molar-refractivity contribution in [2.75, 3.05) is 7.11 Å². The Balaban J connectivity index is 2.64. The molecule has 0 saturated heterocycles. The first-order valence-corrected chi connectivity index (χ1v) is 7.95. The average molecular weight is 306 g/mol. The molecule has 0 saturated carbocycles. The second kappa shape index (κ2) is 6.02. The average Bonchev–Trinajstić information content (AvgIpc) is 2.75. The first-order chi connectivity index (χ1) is 9.86. The van der Waals surface area contributed by atoms with Gasteiger partial charge in [-0.25, -0.2) is 0 Å². The van der Waals surface area contributed by atoms with Gasteiger partial charge in [0.05, 0.1) is 17.3 Å². The molecular weight excluding hydrogens is 284 g/mol. The summed E-state index contributed by atoms with van der Waals surface area (Å²) in [4.78, 5) is 17.3. The van der Waals surface area contributed by atoms with Crippen LogP contribution in [0.2, 0.25) is 0 Å². The first kappa shape index (κ1) is 15.8. The van der Waals surface area contributed by atoms with Crippen molar-refractivity contribution in [1.82, 2.24) is 4.57 Å². The van der Waals surface area contributed by atoms with Crippen LogP contribution in [0.4, 0.5) is 0 Å². The van der Waals surface area contributed by atoms with E-state index in [1.807, 2.05) is 39.0 Å². The standard InChI is InChI=1S/C16H22N2O2S/c1-6-9-18-12-8-7-11(20-5)10-13(12)21-15(18)17-14(19)16(2,3)4/h7-8,10H,6,9H2,1-5H3. The van der Waals surface area contributed by atoms with Crippen LogP contribution in [0.15, 0.2) is 23.2 Å². The quantitative estimate of drug-likeness (QED) is 0.869. The van der Waals surface area contributed by atoms with Gasteiger partial charge in [0.15, 0.2) is 4.80 Å². The molecule has 0 aliphatic rings. The van der Waals surface area contributed by atoms with Crippen molar-refractivity contribution in [2.45, 2.75) is 40.7 Å². The maximum atomic E-state index is 12.2. The third-order valence-corrected chi connectivity index (χ3v) is 4.22. The topological polar surface area (TPSA) is 43.6 Å². The third-order valence-electron chi connectivity index (χ3n) is 3.18. The van der Waals surface area contributed by atoms with E-state index in [1.54, 1.807) is 7.11 Å². The molecule has 0 radical (unpaired) electrons. The molecule has 0 aliphatic heterocycles. The summed E-state index contributed by atoms with van der Waals surface area (Å²) in [7, 11) is 1.66. The number of carbonyl (C=O) groups is 1. The Morgan fingerprint density at radius 2 is 2.10 bits per heavy atom. The van der Waals surface area contributed by atoms with Crippen molar-refractivity contribution in [2.24, 2.45) is 10.4 Å². The fraction of sp³-hybridized carbons (Fsp3) is 0.500. The number of carbonyl (C=O) groups excluding carboxylic acids is 1. The van der Waals surface area contributed by atoms with Crippen LogP contribution in [0.25, 0.3) is 10.2 Å². The lowest BCUT2D eigenvalue weighted by Crippen LogP contribution is -2.23. The van der Waals surface area contributed by atoms with Crippen LogP contribution in [-0.4, -0.2) is 17.6 Å². The summed E-state index contributed by atoms with van der Waals surface area (Å²) in [5, 5.41) is 0. The first-order valence-electron chi connectivity index (χ1n) is 7.13. The number of fused-ring (bicyclic) bond motifs is 1. The van der Waals surface area contributed by atoms with Gasteiger partial charge in [0, 0.05) is 12.0 Å². The minimum Gasteiger partial charge on any atom is -0.497 e. The molecule has 0 bridgehead atoms. The Morgan fingerprint density at radius 1 is 1.38 bits per heavy atom. The number of aromatic nitrogens is 1. The van der Waals surface area contributed by atoms with Crippen LogP contribution in [-0.2, 0) is 11.3 Å². The molecule has 1 aromatic carbocycles. The Labute approximate surface area is 129 Å². The molecule has 2 rings (SSSR count). The smallest absolute Gasteiger partial charge is 0.253 e. The Hall–Kier alpha value is -1.62. The zero-order chi connectivity index (χ0) is 15.6. The number of thiazole rings is 1. The lowest BCUT2D eigenvalue weighted by atomic mass is 9.96. The fourth-order valence-corrected chi connectivity index (χ4v) is 3.04. The molecule has 0 aliphatic carbocycles. The Morgan fingerprint density at radius 3 is 2.67 bits per heavy atom. The molecular formula is C16H22N2O2S. The SMILES string of the molecule is CCCn1c(=NC(=O)C(C)(C)C)sc2cc(OC)ccc21. The number of rotatable bonds is 3. The molecule has 1 amide bonds. The summed E-state index contributed by atoms with van der Waals surface area (Å²) in [6, 6.07) is 5.96. The van der Waals surface area contributed by atoms with Gasteiger partial charge in [-0.2, -0.15) is 4.99 Å². The lowest BCUT2D eigenvalue weighted by molar-refractivity contribution is -0.125. The summed E-state index contributed by atoms with van der Waals surface area (Å²) in [6.07, 6.45) is 0.995. The van der Waals surface area contributed by atoms with Crippen LogP contribution < -0.4 is 9.54 Å². The summed E-state index contributed by atoms with van der Waals surface area (Å²) in [5.74, 6) is 0.729. The van der Waals surface area contributed by atoms with E-state index in [0.29, 0.717) is 0 Å². The number of hydrogen-bond acceptors (Lipinski definition) is 3. The molecule has 0 unspecified atom stereocenters. The second-order valence-electron chi connectivity index (χ2n) is 6.04.